The second kappa shape index (κ2) is 11.0. The molecule has 0 spiro atoms. The lowest BCUT2D eigenvalue weighted by Gasteiger charge is -2.28. The molecular weight excluding hydrogens is 562 g/mol. The molecule has 41 heavy (non-hydrogen) atoms. The van der Waals surface area contributed by atoms with Crippen LogP contribution in [0.4, 0.5) is 0 Å². The Labute approximate surface area is 245 Å². The molecule has 0 fully saturated rings. The van der Waals surface area contributed by atoms with E-state index in [1.54, 1.807) is 24.5 Å². The van der Waals surface area contributed by atoms with Gasteiger partial charge in [0.1, 0.15) is 5.01 Å². The minimum Gasteiger partial charge on any atom is -0.479 e. The Morgan fingerprint density at radius 1 is 0.976 bits per heavy atom. The van der Waals surface area contributed by atoms with Crippen LogP contribution in [-0.2, 0) is 9.53 Å². The number of hydrogen-bond donors (Lipinski definition) is 2. The number of pyridine rings is 2. The average molecular weight is 588 g/mol. The van der Waals surface area contributed by atoms with Gasteiger partial charge in [0.15, 0.2) is 6.10 Å². The first-order chi connectivity index (χ1) is 19.4. The van der Waals surface area contributed by atoms with Gasteiger partial charge in [-0.2, -0.15) is 0 Å². The summed E-state index contributed by atoms with van der Waals surface area (Å²) in [4.78, 5) is 37.4. The van der Waals surface area contributed by atoms with Crippen LogP contribution in [-0.4, -0.2) is 42.7 Å². The second-order valence-electron chi connectivity index (χ2n) is 10.5. The van der Waals surface area contributed by atoms with Gasteiger partial charge in [-0.3, -0.25) is 9.97 Å². The Hall–Kier alpha value is -4.18. The average Bonchev–Trinajstić information content (AvgIpc) is 3.35. The quantitative estimate of drug-likeness (QED) is 0.199. The summed E-state index contributed by atoms with van der Waals surface area (Å²) in [5, 5.41) is 20.9. The summed E-state index contributed by atoms with van der Waals surface area (Å²) in [6.07, 6.45) is 3.28. The smallest absolute Gasteiger partial charge is 0.337 e. The van der Waals surface area contributed by atoms with E-state index in [9.17, 15) is 19.8 Å². The number of aromatic carboxylic acids is 1. The predicted octanol–water partition coefficient (Wildman–Crippen LogP) is 7.69. The number of carboxylic acid groups (broad SMARTS) is 2. The minimum absolute atomic E-state index is 0.0655. The molecule has 8 nitrogen and oxygen atoms in total. The first-order valence-corrected chi connectivity index (χ1v) is 13.9. The molecule has 0 aliphatic rings. The third-order valence-corrected chi connectivity index (χ3v) is 7.70. The van der Waals surface area contributed by atoms with Crippen LogP contribution < -0.4 is 0 Å². The third-order valence-electron chi connectivity index (χ3n) is 6.31. The van der Waals surface area contributed by atoms with Crippen LogP contribution in [0, 0.1) is 6.92 Å². The number of ether oxygens (including phenoxy) is 1. The number of halogens is 1. The maximum Gasteiger partial charge on any atom is 0.337 e. The number of hydrogen-bond acceptors (Lipinski definition) is 7. The highest BCUT2D eigenvalue weighted by Gasteiger charge is 2.32. The second-order valence-corrected chi connectivity index (χ2v) is 11.9. The summed E-state index contributed by atoms with van der Waals surface area (Å²) in [5.74, 6) is -2.16. The van der Waals surface area contributed by atoms with Crippen LogP contribution in [0.2, 0.25) is 5.02 Å². The van der Waals surface area contributed by atoms with Gasteiger partial charge in [-0.1, -0.05) is 23.7 Å². The SMILES string of the molecule is Cc1cc2nc(-c3ccnc(-c4cncc(C(=O)O)c4)c3)sc2c(-c2ccc(Cl)cc2)c1[C@H](OC(C)(C)C)C(=O)O. The number of aliphatic carboxylic acids is 1. The number of rotatable bonds is 7. The van der Waals surface area contributed by atoms with Gasteiger partial charge in [0.05, 0.1) is 27.1 Å². The van der Waals surface area contributed by atoms with Crippen LogP contribution in [0.3, 0.4) is 0 Å². The number of benzene rings is 2. The number of thiazole rings is 1. The van der Waals surface area contributed by atoms with Crippen molar-refractivity contribution >= 4 is 45.1 Å². The number of aromatic nitrogens is 3. The van der Waals surface area contributed by atoms with Gasteiger partial charge in [0.2, 0.25) is 0 Å². The van der Waals surface area contributed by atoms with Crippen LogP contribution in [0.1, 0.15) is 48.4 Å². The highest BCUT2D eigenvalue weighted by molar-refractivity contribution is 7.22. The largest absolute Gasteiger partial charge is 0.479 e. The van der Waals surface area contributed by atoms with Gasteiger partial charge in [0, 0.05) is 45.9 Å². The lowest BCUT2D eigenvalue weighted by atomic mass is 9.91. The lowest BCUT2D eigenvalue weighted by Crippen LogP contribution is -2.28. The van der Waals surface area contributed by atoms with Crippen molar-refractivity contribution < 1.29 is 24.5 Å². The van der Waals surface area contributed by atoms with E-state index in [2.05, 4.69) is 9.97 Å². The van der Waals surface area contributed by atoms with Gasteiger partial charge in [-0.15, -0.1) is 11.3 Å². The molecule has 3 aromatic heterocycles. The van der Waals surface area contributed by atoms with E-state index in [0.29, 0.717) is 32.4 Å². The molecular formula is C31H26ClN3O5S. The molecule has 0 aliphatic carbocycles. The molecule has 1 atom stereocenters. The Bertz CT molecular complexity index is 1790. The molecule has 5 aromatic rings. The highest BCUT2D eigenvalue weighted by Crippen LogP contribution is 2.44. The summed E-state index contributed by atoms with van der Waals surface area (Å²) < 4.78 is 6.89. The van der Waals surface area contributed by atoms with Gasteiger partial charge >= 0.3 is 11.9 Å². The molecule has 5 rings (SSSR count). The molecule has 0 amide bonds. The molecule has 2 aromatic carbocycles. The predicted molar refractivity (Wildman–Crippen MR) is 159 cm³/mol. The lowest BCUT2D eigenvalue weighted by molar-refractivity contribution is -0.160. The van der Waals surface area contributed by atoms with E-state index in [4.69, 9.17) is 21.3 Å². The topological polar surface area (TPSA) is 123 Å². The molecule has 0 aliphatic heterocycles. The zero-order valence-electron chi connectivity index (χ0n) is 22.7. The summed E-state index contributed by atoms with van der Waals surface area (Å²) in [6, 6.07) is 14.3. The Morgan fingerprint density at radius 3 is 2.37 bits per heavy atom. The summed E-state index contributed by atoms with van der Waals surface area (Å²) in [7, 11) is 0. The van der Waals surface area contributed by atoms with E-state index in [1.165, 1.54) is 23.6 Å². The Morgan fingerprint density at radius 2 is 1.71 bits per heavy atom. The number of carboxylic acids is 2. The zero-order valence-corrected chi connectivity index (χ0v) is 24.2. The zero-order chi connectivity index (χ0) is 29.5. The van der Waals surface area contributed by atoms with Gasteiger partial charge in [-0.05, 0) is 75.2 Å². The highest BCUT2D eigenvalue weighted by atomic mass is 35.5. The number of fused-ring (bicyclic) bond motifs is 1. The van der Waals surface area contributed by atoms with Crippen LogP contribution in [0.25, 0.3) is 43.2 Å². The molecule has 0 bridgehead atoms. The van der Waals surface area contributed by atoms with Crippen molar-refractivity contribution in [2.75, 3.05) is 0 Å². The van der Waals surface area contributed by atoms with Crippen molar-refractivity contribution in [1.29, 1.82) is 0 Å². The molecule has 0 saturated carbocycles. The maximum absolute atomic E-state index is 12.6. The minimum atomic E-state index is -1.21. The Balaban J connectivity index is 1.71. The van der Waals surface area contributed by atoms with E-state index < -0.39 is 23.6 Å². The van der Waals surface area contributed by atoms with Crippen LogP contribution >= 0.6 is 22.9 Å². The van der Waals surface area contributed by atoms with Crippen LogP contribution in [0.15, 0.2) is 67.1 Å². The van der Waals surface area contributed by atoms with Crippen molar-refractivity contribution in [2.24, 2.45) is 0 Å². The van der Waals surface area contributed by atoms with Crippen molar-refractivity contribution in [1.82, 2.24) is 15.0 Å². The number of aryl methyl sites for hydroxylation is 1. The molecule has 3 heterocycles. The molecule has 0 radical (unpaired) electrons. The monoisotopic (exact) mass is 587 g/mol. The van der Waals surface area contributed by atoms with Crippen molar-refractivity contribution in [2.45, 2.75) is 39.4 Å². The van der Waals surface area contributed by atoms with Gasteiger partial charge in [0.25, 0.3) is 0 Å². The fourth-order valence-electron chi connectivity index (χ4n) is 4.58. The molecule has 0 unspecified atom stereocenters. The third kappa shape index (κ3) is 5.97. The van der Waals surface area contributed by atoms with E-state index in [-0.39, 0.29) is 5.56 Å². The van der Waals surface area contributed by atoms with E-state index in [0.717, 1.165) is 27.0 Å². The van der Waals surface area contributed by atoms with Crippen molar-refractivity contribution in [3.05, 3.63) is 88.8 Å². The van der Waals surface area contributed by atoms with Crippen LogP contribution in [0.5, 0.6) is 0 Å². The van der Waals surface area contributed by atoms with E-state index >= 15 is 0 Å². The first kappa shape index (κ1) is 28.4. The first-order valence-electron chi connectivity index (χ1n) is 12.7. The number of nitrogens with zero attached hydrogens (tertiary/aromatic N) is 3. The molecule has 10 heteroatoms. The normalized spacial score (nSPS) is 12.4. The summed E-state index contributed by atoms with van der Waals surface area (Å²) in [6.45, 7) is 7.34. The summed E-state index contributed by atoms with van der Waals surface area (Å²) >= 11 is 7.62. The van der Waals surface area contributed by atoms with Crippen molar-refractivity contribution in [3.8, 4) is 33.0 Å². The molecule has 208 valence electrons. The van der Waals surface area contributed by atoms with Gasteiger partial charge in [-0.25, -0.2) is 14.6 Å². The van der Waals surface area contributed by atoms with Crippen molar-refractivity contribution in [3.63, 3.8) is 0 Å². The standard InChI is InChI=1S/C31H26ClN3O5S/c1-16-11-23-27(25(17-5-7-21(32)8-6-17)24(16)26(30(38)39)40-31(2,3)4)41-28(35-23)18-9-10-34-22(13-18)19-12-20(29(36)37)15-33-14-19/h5-15,26H,1-4H3,(H,36,37)(H,38,39)/t26-/m0/s1. The molecule has 2 N–H and O–H groups in total. The maximum atomic E-state index is 12.6. The van der Waals surface area contributed by atoms with E-state index in [1.807, 2.05) is 58.0 Å². The number of carbonyl (C=O) groups is 2. The van der Waals surface area contributed by atoms with Gasteiger partial charge < -0.3 is 14.9 Å². The fourth-order valence-corrected chi connectivity index (χ4v) is 5.83. The Kier molecular flexibility index (Phi) is 7.61. The fraction of sp³-hybridized carbons (Fsp3) is 0.194. The summed E-state index contributed by atoms with van der Waals surface area (Å²) in [5.41, 5.74) is 4.79. The molecule has 0 saturated heterocycles.